The maximum atomic E-state index is 5.86. The summed E-state index contributed by atoms with van der Waals surface area (Å²) in [7, 11) is 0. The Bertz CT molecular complexity index is 334. The SMILES string of the molecule is CCCCCCCCC(C(N)=S)c1ccccc1. The number of benzene rings is 1. The fraction of sp³-hybridized carbons (Fsp3) is 0.562. The lowest BCUT2D eigenvalue weighted by Gasteiger charge is -2.15. The first-order valence-electron chi connectivity index (χ1n) is 7.10. The Labute approximate surface area is 117 Å². The van der Waals surface area contributed by atoms with Crippen LogP contribution < -0.4 is 5.73 Å². The van der Waals surface area contributed by atoms with E-state index in [-0.39, 0.29) is 5.92 Å². The number of thiocarbonyl (C=S) groups is 1. The largest absolute Gasteiger partial charge is 0.393 e. The average molecular weight is 263 g/mol. The first kappa shape index (κ1) is 15.2. The smallest absolute Gasteiger partial charge is 0.0803 e. The molecule has 1 nitrogen and oxygen atoms in total. The monoisotopic (exact) mass is 263 g/mol. The van der Waals surface area contributed by atoms with Crippen LogP contribution in [-0.4, -0.2) is 4.99 Å². The summed E-state index contributed by atoms with van der Waals surface area (Å²) >= 11 is 5.20. The minimum atomic E-state index is 0.257. The van der Waals surface area contributed by atoms with Crippen molar-refractivity contribution in [1.82, 2.24) is 0 Å². The van der Waals surface area contributed by atoms with Crippen molar-refractivity contribution < 1.29 is 0 Å². The zero-order chi connectivity index (χ0) is 13.2. The second-order valence-corrected chi connectivity index (χ2v) is 5.39. The van der Waals surface area contributed by atoms with Crippen molar-refractivity contribution in [3.8, 4) is 0 Å². The van der Waals surface area contributed by atoms with Gasteiger partial charge in [-0.05, 0) is 12.0 Å². The summed E-state index contributed by atoms with van der Waals surface area (Å²) in [6.45, 7) is 2.25. The van der Waals surface area contributed by atoms with Crippen LogP contribution in [0.5, 0.6) is 0 Å². The molecule has 1 unspecified atom stereocenters. The third-order valence-corrected chi connectivity index (χ3v) is 3.68. The van der Waals surface area contributed by atoms with Gasteiger partial charge in [-0.25, -0.2) is 0 Å². The zero-order valence-electron chi connectivity index (χ0n) is 11.4. The Balaban J connectivity index is 2.34. The maximum Gasteiger partial charge on any atom is 0.0803 e. The lowest BCUT2D eigenvalue weighted by Crippen LogP contribution is -2.19. The zero-order valence-corrected chi connectivity index (χ0v) is 12.2. The third kappa shape index (κ3) is 5.63. The molecule has 0 amide bonds. The highest BCUT2D eigenvalue weighted by Gasteiger charge is 2.13. The third-order valence-electron chi connectivity index (χ3n) is 3.39. The molecule has 0 saturated carbocycles. The molecule has 2 N–H and O–H groups in total. The van der Waals surface area contributed by atoms with Crippen LogP contribution >= 0.6 is 12.2 Å². The summed E-state index contributed by atoms with van der Waals surface area (Å²) in [6.07, 6.45) is 8.97. The van der Waals surface area contributed by atoms with Gasteiger partial charge in [0.1, 0.15) is 0 Å². The van der Waals surface area contributed by atoms with Crippen molar-refractivity contribution in [1.29, 1.82) is 0 Å². The van der Waals surface area contributed by atoms with Gasteiger partial charge in [0.15, 0.2) is 0 Å². The highest BCUT2D eigenvalue weighted by molar-refractivity contribution is 7.80. The van der Waals surface area contributed by atoms with E-state index in [9.17, 15) is 0 Å². The maximum absolute atomic E-state index is 5.86. The summed E-state index contributed by atoms with van der Waals surface area (Å²) in [6, 6.07) is 10.4. The van der Waals surface area contributed by atoms with Crippen LogP contribution in [0.25, 0.3) is 0 Å². The quantitative estimate of drug-likeness (QED) is 0.511. The molecule has 18 heavy (non-hydrogen) atoms. The van der Waals surface area contributed by atoms with Gasteiger partial charge in [-0.3, -0.25) is 0 Å². The predicted octanol–water partition coefficient (Wildman–Crippen LogP) is 4.81. The molecule has 0 aliphatic carbocycles. The second-order valence-electron chi connectivity index (χ2n) is 4.92. The van der Waals surface area contributed by atoms with Crippen LogP contribution in [0.15, 0.2) is 30.3 Å². The van der Waals surface area contributed by atoms with Gasteiger partial charge in [0.25, 0.3) is 0 Å². The Morgan fingerprint density at radius 3 is 2.28 bits per heavy atom. The summed E-state index contributed by atoms with van der Waals surface area (Å²) in [5, 5.41) is 0. The number of unbranched alkanes of at least 4 members (excludes halogenated alkanes) is 5. The van der Waals surface area contributed by atoms with Crippen molar-refractivity contribution in [2.75, 3.05) is 0 Å². The first-order valence-corrected chi connectivity index (χ1v) is 7.50. The van der Waals surface area contributed by atoms with Crippen LogP contribution in [0.4, 0.5) is 0 Å². The minimum absolute atomic E-state index is 0.257. The molecular formula is C16H25NS. The minimum Gasteiger partial charge on any atom is -0.393 e. The molecule has 0 saturated heterocycles. The number of hydrogen-bond acceptors (Lipinski definition) is 1. The molecule has 100 valence electrons. The summed E-state index contributed by atoms with van der Waals surface area (Å²) in [4.78, 5) is 0.634. The Morgan fingerprint density at radius 2 is 1.67 bits per heavy atom. The van der Waals surface area contributed by atoms with E-state index in [2.05, 4.69) is 31.2 Å². The number of hydrogen-bond donors (Lipinski definition) is 1. The van der Waals surface area contributed by atoms with Crippen LogP contribution in [-0.2, 0) is 0 Å². The van der Waals surface area contributed by atoms with Crippen molar-refractivity contribution in [2.45, 2.75) is 57.8 Å². The molecular weight excluding hydrogens is 238 g/mol. The van der Waals surface area contributed by atoms with Gasteiger partial charge in [0, 0.05) is 5.92 Å². The summed E-state index contributed by atoms with van der Waals surface area (Å²) in [5.74, 6) is 0.257. The van der Waals surface area contributed by atoms with Gasteiger partial charge >= 0.3 is 0 Å². The lowest BCUT2D eigenvalue weighted by molar-refractivity contribution is 0.580. The number of nitrogens with two attached hydrogens (primary N) is 1. The van der Waals surface area contributed by atoms with Gasteiger partial charge in [-0.1, -0.05) is 88.0 Å². The van der Waals surface area contributed by atoms with E-state index in [1.165, 1.54) is 44.1 Å². The molecule has 0 aliphatic rings. The predicted molar refractivity (Wildman–Crippen MR) is 84.0 cm³/mol. The van der Waals surface area contributed by atoms with E-state index in [0.717, 1.165) is 6.42 Å². The molecule has 0 heterocycles. The van der Waals surface area contributed by atoms with Gasteiger partial charge in [0.05, 0.1) is 4.99 Å². The van der Waals surface area contributed by atoms with E-state index in [1.807, 2.05) is 6.07 Å². The number of rotatable bonds is 9. The highest BCUT2D eigenvalue weighted by Crippen LogP contribution is 2.23. The average Bonchev–Trinajstić information content (AvgIpc) is 2.38. The van der Waals surface area contributed by atoms with Crippen molar-refractivity contribution in [2.24, 2.45) is 5.73 Å². The Hall–Kier alpha value is -0.890. The van der Waals surface area contributed by atoms with E-state index >= 15 is 0 Å². The first-order chi connectivity index (χ1) is 8.75. The molecule has 0 aliphatic heterocycles. The van der Waals surface area contributed by atoms with Crippen LogP contribution in [0.1, 0.15) is 63.4 Å². The molecule has 0 bridgehead atoms. The Morgan fingerprint density at radius 1 is 1.06 bits per heavy atom. The van der Waals surface area contributed by atoms with Crippen LogP contribution in [0.2, 0.25) is 0 Å². The van der Waals surface area contributed by atoms with E-state index in [0.29, 0.717) is 4.99 Å². The topological polar surface area (TPSA) is 26.0 Å². The second kappa shape index (κ2) is 9.09. The van der Waals surface area contributed by atoms with Gasteiger partial charge in [-0.2, -0.15) is 0 Å². The fourth-order valence-electron chi connectivity index (χ4n) is 2.29. The van der Waals surface area contributed by atoms with Crippen molar-refractivity contribution >= 4 is 17.2 Å². The van der Waals surface area contributed by atoms with Gasteiger partial charge in [0.2, 0.25) is 0 Å². The van der Waals surface area contributed by atoms with Crippen molar-refractivity contribution in [3.05, 3.63) is 35.9 Å². The molecule has 1 atom stereocenters. The molecule has 1 aromatic carbocycles. The molecule has 2 heteroatoms. The molecule has 1 rings (SSSR count). The van der Waals surface area contributed by atoms with Gasteiger partial charge in [-0.15, -0.1) is 0 Å². The van der Waals surface area contributed by atoms with Crippen LogP contribution in [0, 0.1) is 0 Å². The fourth-order valence-corrected chi connectivity index (χ4v) is 2.54. The summed E-state index contributed by atoms with van der Waals surface area (Å²) < 4.78 is 0. The summed E-state index contributed by atoms with van der Waals surface area (Å²) in [5.41, 5.74) is 7.13. The van der Waals surface area contributed by atoms with Crippen LogP contribution in [0.3, 0.4) is 0 Å². The molecule has 0 fully saturated rings. The van der Waals surface area contributed by atoms with E-state index < -0.39 is 0 Å². The lowest BCUT2D eigenvalue weighted by atomic mass is 9.93. The normalized spacial score (nSPS) is 12.3. The molecule has 1 aromatic rings. The van der Waals surface area contributed by atoms with Crippen molar-refractivity contribution in [3.63, 3.8) is 0 Å². The highest BCUT2D eigenvalue weighted by atomic mass is 32.1. The standard InChI is InChI=1S/C16H25NS/c1-2-3-4-5-6-10-13-15(16(17)18)14-11-8-7-9-12-14/h7-9,11-12,15H,2-6,10,13H2,1H3,(H2,17,18). The molecule has 0 radical (unpaired) electrons. The molecule has 0 spiro atoms. The van der Waals surface area contributed by atoms with E-state index in [4.69, 9.17) is 18.0 Å². The Kier molecular flexibility index (Phi) is 7.66. The van der Waals surface area contributed by atoms with E-state index in [1.54, 1.807) is 0 Å². The molecule has 0 aromatic heterocycles. The van der Waals surface area contributed by atoms with Gasteiger partial charge < -0.3 is 5.73 Å².